The number of benzene rings is 2. The number of anilines is 1. The van der Waals surface area contributed by atoms with E-state index in [1.165, 1.54) is 11.1 Å². The minimum Gasteiger partial charge on any atom is -0.423 e. The molecule has 2 N–H and O–H groups in total. The average Bonchev–Trinajstić information content (AvgIpc) is 2.97. The van der Waals surface area contributed by atoms with Crippen LogP contribution in [0.3, 0.4) is 0 Å². The molecule has 0 bridgehead atoms. The quantitative estimate of drug-likeness (QED) is 0.783. The minimum absolute atomic E-state index is 0.230. The third-order valence-corrected chi connectivity index (χ3v) is 4.16. The van der Waals surface area contributed by atoms with Crippen molar-refractivity contribution in [3.05, 3.63) is 59.7 Å². The van der Waals surface area contributed by atoms with Crippen LogP contribution in [0.25, 0.3) is 11.1 Å². The Morgan fingerprint density at radius 1 is 1.10 bits per heavy atom. The number of fused-ring (bicyclic) bond motifs is 2. The van der Waals surface area contributed by atoms with Crippen molar-refractivity contribution in [3.8, 4) is 0 Å². The van der Waals surface area contributed by atoms with Gasteiger partial charge in [0.2, 0.25) is 0 Å². The molecule has 106 valence electrons. The molecule has 1 aromatic heterocycles. The fraction of sp³-hybridized carbons (Fsp3) is 0.235. The van der Waals surface area contributed by atoms with E-state index < -0.39 is 0 Å². The van der Waals surface area contributed by atoms with Crippen LogP contribution in [-0.4, -0.2) is 17.6 Å². The fourth-order valence-electron chi connectivity index (χ4n) is 3.00. The highest BCUT2D eigenvalue weighted by molar-refractivity contribution is 5.74. The van der Waals surface area contributed by atoms with Crippen LogP contribution in [0.5, 0.6) is 0 Å². The van der Waals surface area contributed by atoms with Gasteiger partial charge in [-0.25, -0.2) is 0 Å². The molecule has 21 heavy (non-hydrogen) atoms. The zero-order chi connectivity index (χ0) is 14.2. The van der Waals surface area contributed by atoms with E-state index in [0.29, 0.717) is 12.6 Å². The van der Waals surface area contributed by atoms with E-state index in [9.17, 15) is 0 Å². The number of rotatable bonds is 2. The van der Waals surface area contributed by atoms with Crippen molar-refractivity contribution >= 4 is 17.1 Å². The molecular weight excluding hydrogens is 262 g/mol. The molecule has 0 saturated heterocycles. The standard InChI is InChI=1S/C17H17N3O/c18-10-14-9-12-5-1-2-6-13(12)11-20(14)17-19-15-7-3-4-8-16(15)21-17/h1-8,14H,9-11,18H2. The van der Waals surface area contributed by atoms with Crippen LogP contribution in [-0.2, 0) is 13.0 Å². The van der Waals surface area contributed by atoms with Crippen LogP contribution >= 0.6 is 0 Å². The van der Waals surface area contributed by atoms with Gasteiger partial charge in [0.1, 0.15) is 5.52 Å². The molecule has 3 aromatic rings. The summed E-state index contributed by atoms with van der Waals surface area (Å²) in [6.45, 7) is 1.39. The molecule has 4 nitrogen and oxygen atoms in total. The first-order valence-corrected chi connectivity index (χ1v) is 7.24. The number of aromatic nitrogens is 1. The molecule has 0 amide bonds. The van der Waals surface area contributed by atoms with E-state index in [0.717, 1.165) is 24.1 Å². The van der Waals surface area contributed by atoms with Gasteiger partial charge in [-0.1, -0.05) is 36.4 Å². The predicted molar refractivity (Wildman–Crippen MR) is 83.2 cm³/mol. The monoisotopic (exact) mass is 279 g/mol. The summed E-state index contributed by atoms with van der Waals surface area (Å²) in [5.74, 6) is 0. The Morgan fingerprint density at radius 3 is 2.67 bits per heavy atom. The maximum absolute atomic E-state index is 5.97. The Balaban J connectivity index is 1.76. The van der Waals surface area contributed by atoms with Gasteiger partial charge in [-0.05, 0) is 29.7 Å². The van der Waals surface area contributed by atoms with Crippen LogP contribution < -0.4 is 10.6 Å². The summed E-state index contributed by atoms with van der Waals surface area (Å²) in [6.07, 6.45) is 0.936. The molecule has 4 heteroatoms. The topological polar surface area (TPSA) is 55.3 Å². The van der Waals surface area contributed by atoms with Crippen LogP contribution in [0.4, 0.5) is 6.01 Å². The summed E-state index contributed by atoms with van der Waals surface area (Å²) >= 11 is 0. The number of nitrogens with zero attached hydrogens (tertiary/aromatic N) is 2. The van der Waals surface area contributed by atoms with Gasteiger partial charge in [0.05, 0.1) is 6.04 Å². The van der Waals surface area contributed by atoms with Gasteiger partial charge in [0.15, 0.2) is 5.58 Å². The molecule has 0 radical (unpaired) electrons. The van der Waals surface area contributed by atoms with Crippen LogP contribution in [0.15, 0.2) is 52.9 Å². The van der Waals surface area contributed by atoms with E-state index in [2.05, 4.69) is 34.1 Å². The number of nitrogens with two attached hydrogens (primary N) is 1. The van der Waals surface area contributed by atoms with E-state index in [4.69, 9.17) is 10.2 Å². The molecule has 0 spiro atoms. The zero-order valence-corrected chi connectivity index (χ0v) is 11.7. The SMILES string of the molecule is NCC1Cc2ccccc2CN1c1nc2ccccc2o1. The summed E-state index contributed by atoms with van der Waals surface area (Å²) in [5.41, 5.74) is 10.4. The first-order valence-electron chi connectivity index (χ1n) is 7.24. The number of para-hydroxylation sites is 2. The summed E-state index contributed by atoms with van der Waals surface area (Å²) < 4.78 is 5.91. The van der Waals surface area contributed by atoms with Gasteiger partial charge in [-0.3, -0.25) is 0 Å². The highest BCUT2D eigenvalue weighted by Crippen LogP contribution is 2.29. The summed E-state index contributed by atoms with van der Waals surface area (Å²) in [6, 6.07) is 17.3. The second kappa shape index (κ2) is 4.90. The first-order chi connectivity index (χ1) is 10.3. The summed E-state index contributed by atoms with van der Waals surface area (Å²) in [5, 5.41) is 0. The van der Waals surface area contributed by atoms with Crippen molar-refractivity contribution in [2.45, 2.75) is 19.0 Å². The Bertz CT molecular complexity index is 747. The zero-order valence-electron chi connectivity index (χ0n) is 11.7. The third kappa shape index (κ3) is 2.08. The van der Waals surface area contributed by atoms with Crippen molar-refractivity contribution in [2.24, 2.45) is 5.73 Å². The Kier molecular flexibility index (Phi) is 2.89. The molecule has 1 aliphatic heterocycles. The van der Waals surface area contributed by atoms with E-state index >= 15 is 0 Å². The van der Waals surface area contributed by atoms with Gasteiger partial charge in [-0.2, -0.15) is 4.98 Å². The predicted octanol–water partition coefficient (Wildman–Crippen LogP) is 2.72. The van der Waals surface area contributed by atoms with Crippen molar-refractivity contribution in [1.82, 2.24) is 4.98 Å². The molecular formula is C17H17N3O. The maximum Gasteiger partial charge on any atom is 0.298 e. The Hall–Kier alpha value is -2.33. The van der Waals surface area contributed by atoms with Crippen molar-refractivity contribution in [2.75, 3.05) is 11.4 Å². The van der Waals surface area contributed by atoms with Crippen LogP contribution in [0.1, 0.15) is 11.1 Å². The maximum atomic E-state index is 5.97. The molecule has 4 rings (SSSR count). The number of hydrogen-bond acceptors (Lipinski definition) is 4. The lowest BCUT2D eigenvalue weighted by Gasteiger charge is -2.35. The van der Waals surface area contributed by atoms with Gasteiger partial charge in [0, 0.05) is 13.1 Å². The summed E-state index contributed by atoms with van der Waals surface area (Å²) in [4.78, 5) is 6.79. The molecule has 2 heterocycles. The van der Waals surface area contributed by atoms with Crippen LogP contribution in [0, 0.1) is 0 Å². The fourth-order valence-corrected chi connectivity index (χ4v) is 3.00. The van der Waals surface area contributed by atoms with E-state index in [1.807, 2.05) is 24.3 Å². The summed E-state index contributed by atoms with van der Waals surface area (Å²) in [7, 11) is 0. The van der Waals surface area contributed by atoms with Gasteiger partial charge in [-0.15, -0.1) is 0 Å². The second-order valence-electron chi connectivity index (χ2n) is 5.45. The highest BCUT2D eigenvalue weighted by atomic mass is 16.4. The number of oxazole rings is 1. The average molecular weight is 279 g/mol. The smallest absolute Gasteiger partial charge is 0.298 e. The van der Waals surface area contributed by atoms with Gasteiger partial charge < -0.3 is 15.1 Å². The highest BCUT2D eigenvalue weighted by Gasteiger charge is 2.28. The molecule has 1 aliphatic rings. The Labute approximate surface area is 123 Å². The molecule has 1 atom stereocenters. The normalized spacial score (nSPS) is 18.0. The largest absolute Gasteiger partial charge is 0.423 e. The third-order valence-electron chi connectivity index (χ3n) is 4.16. The van der Waals surface area contributed by atoms with Gasteiger partial charge >= 0.3 is 0 Å². The van der Waals surface area contributed by atoms with E-state index in [1.54, 1.807) is 0 Å². The molecule has 1 unspecified atom stereocenters. The minimum atomic E-state index is 0.230. The lowest BCUT2D eigenvalue weighted by atomic mass is 9.94. The lowest BCUT2D eigenvalue weighted by molar-refractivity contribution is 0.488. The number of hydrogen-bond donors (Lipinski definition) is 1. The second-order valence-corrected chi connectivity index (χ2v) is 5.45. The van der Waals surface area contributed by atoms with E-state index in [-0.39, 0.29) is 6.04 Å². The van der Waals surface area contributed by atoms with Gasteiger partial charge in [0.25, 0.3) is 6.01 Å². The molecule has 0 aliphatic carbocycles. The van der Waals surface area contributed by atoms with Crippen molar-refractivity contribution in [3.63, 3.8) is 0 Å². The first kappa shape index (κ1) is 12.4. The van der Waals surface area contributed by atoms with Crippen molar-refractivity contribution < 1.29 is 4.42 Å². The molecule has 0 fully saturated rings. The molecule has 2 aromatic carbocycles. The molecule has 0 saturated carbocycles. The Morgan fingerprint density at radius 2 is 1.86 bits per heavy atom. The van der Waals surface area contributed by atoms with Crippen LogP contribution in [0.2, 0.25) is 0 Å². The van der Waals surface area contributed by atoms with Crippen molar-refractivity contribution in [1.29, 1.82) is 0 Å². The lowest BCUT2D eigenvalue weighted by Crippen LogP contribution is -2.45.